The number of aromatic carboxylic acids is 1. The summed E-state index contributed by atoms with van der Waals surface area (Å²) in [6.45, 7) is 10.6. The largest absolute Gasteiger partial charge is 0.478 e. The Labute approximate surface area is 124 Å². The molecule has 0 bridgehead atoms. The standard InChI is InChI=1S/C16H22O3.FHO/c1-10(2)15(11(3)4)12(5)19-14-8-6-13(7-9-14)16(17)18;1-2/h6-11H,1-5H3,(H,17,18);2H. The van der Waals surface area contributed by atoms with Gasteiger partial charge in [0.1, 0.15) is 11.5 Å². The predicted molar refractivity (Wildman–Crippen MR) is 79.7 cm³/mol. The van der Waals surface area contributed by atoms with Crippen molar-refractivity contribution in [2.45, 2.75) is 34.6 Å². The average Bonchev–Trinajstić information content (AvgIpc) is 2.40. The minimum Gasteiger partial charge on any atom is -0.478 e. The second kappa shape index (κ2) is 9.13. The maximum absolute atomic E-state index is 10.8. The minimum atomic E-state index is -0.927. The van der Waals surface area contributed by atoms with E-state index in [9.17, 15) is 4.79 Å². The van der Waals surface area contributed by atoms with Crippen molar-refractivity contribution in [2.75, 3.05) is 0 Å². The molecular formula is C16H23FO4. The molecule has 118 valence electrons. The fourth-order valence-electron chi connectivity index (χ4n) is 2.38. The van der Waals surface area contributed by atoms with Gasteiger partial charge in [0, 0.05) is 0 Å². The summed E-state index contributed by atoms with van der Waals surface area (Å²) in [7, 11) is 0. The van der Waals surface area contributed by atoms with Gasteiger partial charge < -0.3 is 9.84 Å². The van der Waals surface area contributed by atoms with Crippen LogP contribution in [-0.4, -0.2) is 16.4 Å². The number of hydrogen-bond donors (Lipinski definition) is 2. The highest BCUT2D eigenvalue weighted by atomic mass is 19.3. The third-order valence-electron chi connectivity index (χ3n) is 3.02. The van der Waals surface area contributed by atoms with Crippen LogP contribution in [-0.2, 0) is 0 Å². The van der Waals surface area contributed by atoms with Crippen LogP contribution in [0, 0.1) is 11.8 Å². The molecule has 0 saturated carbocycles. The number of carboxylic acid groups (broad SMARTS) is 1. The van der Waals surface area contributed by atoms with Crippen LogP contribution in [0.1, 0.15) is 45.0 Å². The fourth-order valence-corrected chi connectivity index (χ4v) is 2.38. The van der Waals surface area contributed by atoms with Crippen LogP contribution in [0.3, 0.4) is 0 Å². The van der Waals surface area contributed by atoms with Crippen LogP contribution in [0.4, 0.5) is 4.53 Å². The molecule has 0 atom stereocenters. The van der Waals surface area contributed by atoms with Crippen molar-refractivity contribution in [3.63, 3.8) is 0 Å². The third kappa shape index (κ3) is 5.95. The molecule has 1 aromatic rings. The number of halogens is 1. The van der Waals surface area contributed by atoms with E-state index >= 15 is 0 Å². The summed E-state index contributed by atoms with van der Waals surface area (Å²) in [4.78, 5) is 10.8. The number of hydrogen-bond acceptors (Lipinski definition) is 3. The van der Waals surface area contributed by atoms with Gasteiger partial charge in [0.25, 0.3) is 0 Å². The van der Waals surface area contributed by atoms with Crippen LogP contribution >= 0.6 is 0 Å². The molecule has 0 aliphatic carbocycles. The first-order valence-electron chi connectivity index (χ1n) is 6.71. The number of carbonyl (C=O) groups is 1. The molecule has 1 rings (SSSR count). The number of rotatable bonds is 5. The van der Waals surface area contributed by atoms with Crippen molar-refractivity contribution in [1.82, 2.24) is 0 Å². The van der Waals surface area contributed by atoms with Crippen LogP contribution < -0.4 is 4.74 Å². The molecule has 0 radical (unpaired) electrons. The molecule has 0 spiro atoms. The first-order valence-corrected chi connectivity index (χ1v) is 6.71. The SMILES string of the molecule is CC(Oc1ccc(C(=O)O)cc1)=C(C(C)C)C(C)C.OF. The van der Waals surface area contributed by atoms with Crippen molar-refractivity contribution >= 4 is 5.97 Å². The Morgan fingerprint density at radius 3 is 1.81 bits per heavy atom. The molecule has 21 heavy (non-hydrogen) atoms. The Morgan fingerprint density at radius 1 is 1.05 bits per heavy atom. The van der Waals surface area contributed by atoms with Gasteiger partial charge in [-0.1, -0.05) is 32.2 Å². The number of benzene rings is 1. The van der Waals surface area contributed by atoms with E-state index in [1.54, 1.807) is 24.3 Å². The van der Waals surface area contributed by atoms with Gasteiger partial charge in [-0.15, -0.1) is 0 Å². The summed E-state index contributed by atoms with van der Waals surface area (Å²) in [6.07, 6.45) is 0. The predicted octanol–water partition coefficient (Wildman–Crippen LogP) is 4.21. The lowest BCUT2D eigenvalue weighted by Gasteiger charge is -2.19. The van der Waals surface area contributed by atoms with Crippen LogP contribution in [0.25, 0.3) is 0 Å². The van der Waals surface area contributed by atoms with Crippen LogP contribution in [0.15, 0.2) is 35.6 Å². The van der Waals surface area contributed by atoms with Gasteiger partial charge in [0.2, 0.25) is 0 Å². The minimum absolute atomic E-state index is 0.266. The smallest absolute Gasteiger partial charge is 0.335 e. The second-order valence-corrected chi connectivity index (χ2v) is 5.25. The molecular weight excluding hydrogens is 275 g/mol. The zero-order valence-corrected chi connectivity index (χ0v) is 13.1. The number of ether oxygens (including phenoxy) is 1. The lowest BCUT2D eigenvalue weighted by molar-refractivity contribution is -0.0441. The normalized spacial score (nSPS) is 9.95. The molecule has 0 unspecified atom stereocenters. The summed E-state index contributed by atoms with van der Waals surface area (Å²) in [5.41, 5.74) is 1.55. The zero-order valence-electron chi connectivity index (χ0n) is 13.1. The van der Waals surface area contributed by atoms with Gasteiger partial charge in [-0.3, -0.25) is 0 Å². The van der Waals surface area contributed by atoms with E-state index in [2.05, 4.69) is 27.7 Å². The molecule has 5 heteroatoms. The Hall–Kier alpha value is -1.88. The van der Waals surface area contributed by atoms with Gasteiger partial charge in [-0.25, -0.2) is 10.1 Å². The highest BCUT2D eigenvalue weighted by Gasteiger charge is 2.13. The summed E-state index contributed by atoms with van der Waals surface area (Å²) >= 11 is 0. The van der Waals surface area contributed by atoms with Crippen molar-refractivity contribution in [3.8, 4) is 5.75 Å². The lowest BCUT2D eigenvalue weighted by atomic mass is 9.91. The molecule has 2 N–H and O–H groups in total. The van der Waals surface area contributed by atoms with Gasteiger partial charge in [-0.05, 0) is 48.6 Å². The topological polar surface area (TPSA) is 66.8 Å². The van der Waals surface area contributed by atoms with Gasteiger partial charge in [0.15, 0.2) is 0 Å². The third-order valence-corrected chi connectivity index (χ3v) is 3.02. The highest BCUT2D eigenvalue weighted by Crippen LogP contribution is 2.25. The average molecular weight is 298 g/mol. The van der Waals surface area contributed by atoms with Crippen molar-refractivity contribution < 1.29 is 24.5 Å². The first-order chi connectivity index (χ1) is 9.82. The molecule has 4 nitrogen and oxygen atoms in total. The second-order valence-electron chi connectivity index (χ2n) is 5.25. The van der Waals surface area contributed by atoms with Crippen molar-refractivity contribution in [2.24, 2.45) is 11.8 Å². The van der Waals surface area contributed by atoms with E-state index in [1.807, 2.05) is 6.92 Å². The molecule has 0 aromatic heterocycles. The Morgan fingerprint density at radius 2 is 1.48 bits per heavy atom. The lowest BCUT2D eigenvalue weighted by Crippen LogP contribution is -2.08. The van der Waals surface area contributed by atoms with Crippen LogP contribution in [0.2, 0.25) is 0 Å². The Balaban J connectivity index is 0.00000191. The molecule has 0 aliphatic rings. The molecule has 0 aliphatic heterocycles. The summed E-state index contributed by atoms with van der Waals surface area (Å²) < 4.78 is 14.3. The maximum Gasteiger partial charge on any atom is 0.335 e. The van der Waals surface area contributed by atoms with Gasteiger partial charge >= 0.3 is 5.97 Å². The zero-order chi connectivity index (χ0) is 16.6. The van der Waals surface area contributed by atoms with E-state index in [4.69, 9.17) is 19.7 Å². The van der Waals surface area contributed by atoms with E-state index in [0.29, 0.717) is 17.6 Å². The molecule has 0 heterocycles. The van der Waals surface area contributed by atoms with Gasteiger partial charge in [0.05, 0.1) is 5.56 Å². The highest BCUT2D eigenvalue weighted by molar-refractivity contribution is 5.87. The quantitative estimate of drug-likeness (QED) is 0.799. The van der Waals surface area contributed by atoms with Crippen LogP contribution in [0.5, 0.6) is 5.75 Å². The number of carboxylic acids is 1. The van der Waals surface area contributed by atoms with Crippen molar-refractivity contribution in [1.29, 1.82) is 0 Å². The Kier molecular flexibility index (Phi) is 8.31. The Bertz CT molecular complexity index is 466. The molecule has 0 fully saturated rings. The van der Waals surface area contributed by atoms with Crippen molar-refractivity contribution in [3.05, 3.63) is 41.2 Å². The molecule has 0 amide bonds. The summed E-state index contributed by atoms with van der Waals surface area (Å²) in [5.74, 6) is 1.50. The molecule has 1 aromatic carbocycles. The number of allylic oxidation sites excluding steroid dienone is 2. The maximum atomic E-state index is 10.8. The van der Waals surface area contributed by atoms with E-state index < -0.39 is 5.97 Å². The fraction of sp³-hybridized carbons (Fsp3) is 0.438. The van der Waals surface area contributed by atoms with E-state index in [0.717, 1.165) is 5.76 Å². The first kappa shape index (κ1) is 19.1. The monoisotopic (exact) mass is 298 g/mol. The van der Waals surface area contributed by atoms with Gasteiger partial charge in [-0.2, -0.15) is 0 Å². The summed E-state index contributed by atoms with van der Waals surface area (Å²) in [6, 6.07) is 6.47. The summed E-state index contributed by atoms with van der Waals surface area (Å²) in [5, 5.41) is 14.3. The molecule has 0 saturated heterocycles. The van der Waals surface area contributed by atoms with E-state index in [1.165, 1.54) is 5.57 Å². The van der Waals surface area contributed by atoms with E-state index in [-0.39, 0.29) is 5.56 Å².